The van der Waals surface area contributed by atoms with Crippen molar-refractivity contribution in [2.45, 2.75) is 13.8 Å². The smallest absolute Gasteiger partial charge is 0.256 e. The van der Waals surface area contributed by atoms with Crippen LogP contribution in [0.3, 0.4) is 0 Å². The summed E-state index contributed by atoms with van der Waals surface area (Å²) in [5.74, 6) is 0.0427. The highest BCUT2D eigenvalue weighted by Crippen LogP contribution is 2.29. The number of rotatable bonds is 4. The molecule has 0 aliphatic heterocycles. The van der Waals surface area contributed by atoms with Crippen molar-refractivity contribution >= 4 is 22.6 Å². The van der Waals surface area contributed by atoms with Crippen molar-refractivity contribution in [3.05, 3.63) is 71.2 Å². The first-order chi connectivity index (χ1) is 14.4. The number of carbonyl (C=O) groups is 1. The predicted octanol–water partition coefficient (Wildman–Crippen LogP) is 4.65. The Hall–Kier alpha value is -3.74. The lowest BCUT2D eigenvalue weighted by molar-refractivity contribution is 0.102. The zero-order valence-corrected chi connectivity index (χ0v) is 17.2. The molecular formula is C23H21FN4O2. The molecule has 0 saturated carbocycles. The van der Waals surface area contributed by atoms with Gasteiger partial charge < -0.3 is 10.1 Å². The third-order valence-electron chi connectivity index (χ3n) is 5.02. The van der Waals surface area contributed by atoms with Crippen molar-refractivity contribution < 1.29 is 13.9 Å². The Balaban J connectivity index is 1.86. The standard InChI is InChI=1S/C23H21FN4O2/c1-13-10-16(24)8-9-19(13)26-23(29)18-12-20(15-6-5-7-17(11-15)30-4)25-22-21(18)14(2)27-28(22)3/h5-12H,1-4H3,(H,26,29). The molecule has 0 fully saturated rings. The van der Waals surface area contributed by atoms with Crippen molar-refractivity contribution in [2.75, 3.05) is 12.4 Å². The summed E-state index contributed by atoms with van der Waals surface area (Å²) < 4.78 is 20.4. The number of pyridine rings is 1. The fourth-order valence-corrected chi connectivity index (χ4v) is 3.51. The van der Waals surface area contributed by atoms with Crippen LogP contribution in [0.4, 0.5) is 10.1 Å². The van der Waals surface area contributed by atoms with Crippen LogP contribution in [0.25, 0.3) is 22.3 Å². The van der Waals surface area contributed by atoms with Crippen molar-refractivity contribution in [3.63, 3.8) is 0 Å². The summed E-state index contributed by atoms with van der Waals surface area (Å²) >= 11 is 0. The average molecular weight is 404 g/mol. The Bertz CT molecular complexity index is 1280. The molecule has 0 bridgehead atoms. The maximum Gasteiger partial charge on any atom is 0.256 e. The summed E-state index contributed by atoms with van der Waals surface area (Å²) in [6.07, 6.45) is 0. The molecule has 2 aromatic carbocycles. The van der Waals surface area contributed by atoms with E-state index >= 15 is 0 Å². The van der Waals surface area contributed by atoms with E-state index in [1.54, 1.807) is 37.9 Å². The number of carbonyl (C=O) groups excluding carboxylic acids is 1. The second-order valence-corrected chi connectivity index (χ2v) is 7.11. The Morgan fingerprint density at radius 2 is 1.93 bits per heavy atom. The minimum atomic E-state index is -0.347. The number of anilines is 1. The number of ether oxygens (including phenoxy) is 1. The highest BCUT2D eigenvalue weighted by atomic mass is 19.1. The van der Waals surface area contributed by atoms with Crippen LogP contribution >= 0.6 is 0 Å². The number of nitrogens with zero attached hydrogens (tertiary/aromatic N) is 3. The largest absolute Gasteiger partial charge is 0.497 e. The third kappa shape index (κ3) is 3.50. The number of aryl methyl sites for hydroxylation is 3. The van der Waals surface area contributed by atoms with Gasteiger partial charge in [0.05, 0.1) is 29.4 Å². The second kappa shape index (κ2) is 7.59. The van der Waals surface area contributed by atoms with Gasteiger partial charge in [0, 0.05) is 18.3 Å². The first kappa shape index (κ1) is 19.6. The predicted molar refractivity (Wildman–Crippen MR) is 114 cm³/mol. The van der Waals surface area contributed by atoms with Gasteiger partial charge in [0.25, 0.3) is 5.91 Å². The third-order valence-corrected chi connectivity index (χ3v) is 5.02. The van der Waals surface area contributed by atoms with E-state index in [4.69, 9.17) is 9.72 Å². The molecule has 7 heteroatoms. The van der Waals surface area contributed by atoms with E-state index in [2.05, 4.69) is 10.4 Å². The Kier molecular flexibility index (Phi) is 4.95. The molecule has 0 unspecified atom stereocenters. The lowest BCUT2D eigenvalue weighted by Crippen LogP contribution is -2.14. The normalized spacial score (nSPS) is 11.0. The van der Waals surface area contributed by atoms with Gasteiger partial charge in [-0.3, -0.25) is 9.48 Å². The van der Waals surface area contributed by atoms with Crippen LogP contribution in [0.5, 0.6) is 5.75 Å². The average Bonchev–Trinajstić information content (AvgIpc) is 3.03. The van der Waals surface area contributed by atoms with E-state index < -0.39 is 0 Å². The Morgan fingerprint density at radius 3 is 2.67 bits per heavy atom. The molecule has 0 saturated heterocycles. The lowest BCUT2D eigenvalue weighted by atomic mass is 10.0. The summed E-state index contributed by atoms with van der Waals surface area (Å²) in [6.45, 7) is 3.59. The second-order valence-electron chi connectivity index (χ2n) is 7.11. The molecule has 2 heterocycles. The van der Waals surface area contributed by atoms with E-state index in [-0.39, 0.29) is 11.7 Å². The number of benzene rings is 2. The number of nitrogens with one attached hydrogen (secondary N) is 1. The molecular weight excluding hydrogens is 383 g/mol. The minimum Gasteiger partial charge on any atom is -0.497 e. The maximum atomic E-state index is 13.4. The van der Waals surface area contributed by atoms with Crippen molar-refractivity contribution in [1.29, 1.82) is 0 Å². The highest BCUT2D eigenvalue weighted by Gasteiger charge is 2.20. The van der Waals surface area contributed by atoms with Crippen LogP contribution in [0.1, 0.15) is 21.6 Å². The van der Waals surface area contributed by atoms with Crippen LogP contribution in [-0.4, -0.2) is 27.8 Å². The van der Waals surface area contributed by atoms with E-state index in [9.17, 15) is 9.18 Å². The number of methoxy groups -OCH3 is 1. The molecule has 152 valence electrons. The van der Waals surface area contributed by atoms with E-state index in [0.29, 0.717) is 45.0 Å². The first-order valence-electron chi connectivity index (χ1n) is 9.43. The summed E-state index contributed by atoms with van der Waals surface area (Å²) in [6, 6.07) is 13.5. The SMILES string of the molecule is COc1cccc(-c2cc(C(=O)Nc3ccc(F)cc3C)c3c(C)nn(C)c3n2)c1. The van der Waals surface area contributed by atoms with Gasteiger partial charge in [-0.25, -0.2) is 9.37 Å². The number of hydrogen-bond acceptors (Lipinski definition) is 4. The zero-order chi connectivity index (χ0) is 21.4. The van der Waals surface area contributed by atoms with E-state index in [1.165, 1.54) is 12.1 Å². The van der Waals surface area contributed by atoms with Crippen molar-refractivity contribution in [2.24, 2.45) is 7.05 Å². The Labute approximate surface area is 173 Å². The Morgan fingerprint density at radius 1 is 1.13 bits per heavy atom. The topological polar surface area (TPSA) is 69.0 Å². The van der Waals surface area contributed by atoms with Gasteiger partial charge in [-0.1, -0.05) is 12.1 Å². The molecule has 2 aromatic heterocycles. The fraction of sp³-hybridized carbons (Fsp3) is 0.174. The van der Waals surface area contributed by atoms with Crippen LogP contribution in [0, 0.1) is 19.7 Å². The van der Waals surface area contributed by atoms with Gasteiger partial charge in [0.15, 0.2) is 5.65 Å². The van der Waals surface area contributed by atoms with Crippen molar-refractivity contribution in [1.82, 2.24) is 14.8 Å². The fourth-order valence-electron chi connectivity index (χ4n) is 3.51. The zero-order valence-electron chi connectivity index (χ0n) is 17.2. The molecule has 0 aliphatic carbocycles. The molecule has 0 atom stereocenters. The summed E-state index contributed by atoms with van der Waals surface area (Å²) in [5, 5.41) is 8.01. The molecule has 1 amide bonds. The highest BCUT2D eigenvalue weighted by molar-refractivity contribution is 6.13. The molecule has 1 N–H and O–H groups in total. The molecule has 4 aromatic rings. The molecule has 0 spiro atoms. The monoisotopic (exact) mass is 404 g/mol. The quantitative estimate of drug-likeness (QED) is 0.537. The van der Waals surface area contributed by atoms with Gasteiger partial charge in [-0.15, -0.1) is 0 Å². The van der Waals surface area contributed by atoms with Gasteiger partial charge in [-0.05, 0) is 55.8 Å². The molecule has 6 nitrogen and oxygen atoms in total. The van der Waals surface area contributed by atoms with Gasteiger partial charge in [0.1, 0.15) is 11.6 Å². The summed E-state index contributed by atoms with van der Waals surface area (Å²) in [4.78, 5) is 18.0. The van der Waals surface area contributed by atoms with Crippen LogP contribution in [0.15, 0.2) is 48.5 Å². The van der Waals surface area contributed by atoms with Gasteiger partial charge >= 0.3 is 0 Å². The molecule has 4 rings (SSSR count). The molecule has 0 aliphatic rings. The first-order valence-corrected chi connectivity index (χ1v) is 9.43. The van der Waals surface area contributed by atoms with Crippen molar-refractivity contribution in [3.8, 4) is 17.0 Å². The number of hydrogen-bond donors (Lipinski definition) is 1. The van der Waals surface area contributed by atoms with E-state index in [1.807, 2.05) is 31.2 Å². The number of aromatic nitrogens is 3. The van der Waals surface area contributed by atoms with Gasteiger partial charge in [0.2, 0.25) is 0 Å². The van der Waals surface area contributed by atoms with Crippen LogP contribution < -0.4 is 10.1 Å². The maximum absolute atomic E-state index is 13.4. The number of halogens is 1. The number of fused-ring (bicyclic) bond motifs is 1. The summed E-state index contributed by atoms with van der Waals surface area (Å²) in [7, 11) is 3.40. The molecule has 0 radical (unpaired) electrons. The van der Waals surface area contributed by atoms with Gasteiger partial charge in [-0.2, -0.15) is 5.10 Å². The molecule has 30 heavy (non-hydrogen) atoms. The van der Waals surface area contributed by atoms with Crippen LogP contribution in [0.2, 0.25) is 0 Å². The van der Waals surface area contributed by atoms with E-state index in [0.717, 1.165) is 5.56 Å². The minimum absolute atomic E-state index is 0.308. The number of amides is 1. The van der Waals surface area contributed by atoms with Crippen LogP contribution in [-0.2, 0) is 7.05 Å². The lowest BCUT2D eigenvalue weighted by Gasteiger charge is -2.11. The summed E-state index contributed by atoms with van der Waals surface area (Å²) in [5.41, 5.74) is 4.41.